The number of hydrogen-bond acceptors (Lipinski definition) is 7. The molecule has 1 fully saturated rings. The molecule has 174 valence electrons. The number of esters is 1. The smallest absolute Gasteiger partial charge is 0.310 e. The molecule has 1 saturated heterocycles. The highest BCUT2D eigenvalue weighted by molar-refractivity contribution is 7.90. The van der Waals surface area contributed by atoms with E-state index in [0.29, 0.717) is 45.0 Å². The zero-order valence-corrected chi connectivity index (χ0v) is 19.7. The van der Waals surface area contributed by atoms with E-state index in [1.165, 1.54) is 12.1 Å². The fourth-order valence-electron chi connectivity index (χ4n) is 3.57. The highest BCUT2D eigenvalue weighted by Crippen LogP contribution is 2.20. The first-order chi connectivity index (χ1) is 14.6. The van der Waals surface area contributed by atoms with Gasteiger partial charge in [-0.3, -0.25) is 14.5 Å². The van der Waals surface area contributed by atoms with Gasteiger partial charge in [0.1, 0.15) is 5.75 Å². The summed E-state index contributed by atoms with van der Waals surface area (Å²) < 4.78 is 34.1. The van der Waals surface area contributed by atoms with Crippen LogP contribution >= 0.6 is 0 Å². The van der Waals surface area contributed by atoms with Crippen molar-refractivity contribution in [2.75, 3.05) is 46.2 Å². The van der Waals surface area contributed by atoms with Gasteiger partial charge in [0.05, 0.1) is 30.1 Å². The van der Waals surface area contributed by atoms with Gasteiger partial charge in [-0.25, -0.2) is 8.42 Å². The lowest BCUT2D eigenvalue weighted by molar-refractivity contribution is -0.152. The summed E-state index contributed by atoms with van der Waals surface area (Å²) in [5.74, 6) is 0.0515. The lowest BCUT2D eigenvalue weighted by atomic mass is 9.97. The second kappa shape index (κ2) is 11.5. The maximum absolute atomic E-state index is 12.9. The highest BCUT2D eigenvalue weighted by atomic mass is 32.2. The third-order valence-electron chi connectivity index (χ3n) is 5.53. The van der Waals surface area contributed by atoms with Crippen molar-refractivity contribution >= 4 is 21.7 Å². The zero-order chi connectivity index (χ0) is 23.0. The van der Waals surface area contributed by atoms with Crippen LogP contribution < -0.4 is 4.74 Å². The number of sulfone groups is 1. The number of carbonyl (C=O) groups excluding carboxylic acids is 2. The molecule has 0 bridgehead atoms. The molecule has 0 spiro atoms. The van der Waals surface area contributed by atoms with Crippen LogP contribution in [0.2, 0.25) is 0 Å². The predicted octanol–water partition coefficient (Wildman–Crippen LogP) is 1.98. The van der Waals surface area contributed by atoms with Crippen molar-refractivity contribution in [2.45, 2.75) is 44.0 Å². The molecule has 2 atom stereocenters. The van der Waals surface area contributed by atoms with Crippen LogP contribution in [0.5, 0.6) is 5.75 Å². The standard InChI is InChI=1S/C22H34N2O6S/c1-5-29-22(26)18-9-7-13-24(16-18)21(25)17(2)23(3)12-8-14-30-19-10-6-11-20(15-19)31(4,27)28/h6,10-11,15,17-18H,5,7-9,12-14,16H2,1-4H3. The van der Waals surface area contributed by atoms with Crippen LogP contribution in [0.3, 0.4) is 0 Å². The number of carbonyl (C=O) groups is 2. The molecule has 9 heteroatoms. The van der Waals surface area contributed by atoms with Crippen LogP contribution in [-0.4, -0.2) is 82.3 Å². The topological polar surface area (TPSA) is 93.2 Å². The Balaban J connectivity index is 1.79. The Bertz CT molecular complexity index is 857. The Labute approximate surface area is 185 Å². The molecule has 0 N–H and O–H groups in total. The summed E-state index contributed by atoms with van der Waals surface area (Å²) in [7, 11) is -1.38. The van der Waals surface area contributed by atoms with E-state index in [4.69, 9.17) is 9.47 Å². The van der Waals surface area contributed by atoms with Gasteiger partial charge in [0, 0.05) is 25.9 Å². The Kier molecular flexibility index (Phi) is 9.31. The number of amides is 1. The summed E-state index contributed by atoms with van der Waals surface area (Å²) in [6.45, 7) is 6.13. The first-order valence-electron chi connectivity index (χ1n) is 10.7. The summed E-state index contributed by atoms with van der Waals surface area (Å²) >= 11 is 0. The van der Waals surface area contributed by atoms with Crippen molar-refractivity contribution in [1.82, 2.24) is 9.80 Å². The minimum absolute atomic E-state index is 0.0123. The van der Waals surface area contributed by atoms with Gasteiger partial charge in [-0.05, 0) is 58.4 Å². The largest absolute Gasteiger partial charge is 0.494 e. The van der Waals surface area contributed by atoms with Crippen LogP contribution in [0.1, 0.15) is 33.1 Å². The number of benzene rings is 1. The molecular weight excluding hydrogens is 420 g/mol. The van der Waals surface area contributed by atoms with E-state index in [1.807, 2.05) is 18.9 Å². The number of likely N-dealkylation sites (tertiary alicyclic amines) is 1. The van der Waals surface area contributed by atoms with Crippen molar-refractivity contribution in [1.29, 1.82) is 0 Å². The third-order valence-corrected chi connectivity index (χ3v) is 6.64. The second-order valence-corrected chi connectivity index (χ2v) is 10.00. The maximum Gasteiger partial charge on any atom is 0.310 e. The van der Waals surface area contributed by atoms with Gasteiger partial charge in [-0.1, -0.05) is 6.07 Å². The summed E-state index contributed by atoms with van der Waals surface area (Å²) in [5.41, 5.74) is 0. The molecule has 0 aliphatic carbocycles. The molecule has 1 aromatic rings. The van der Waals surface area contributed by atoms with E-state index >= 15 is 0 Å². The van der Waals surface area contributed by atoms with E-state index in [1.54, 1.807) is 24.0 Å². The molecular formula is C22H34N2O6S. The highest BCUT2D eigenvalue weighted by Gasteiger charge is 2.32. The zero-order valence-electron chi connectivity index (χ0n) is 18.9. The summed E-state index contributed by atoms with van der Waals surface area (Å²) in [5, 5.41) is 0. The maximum atomic E-state index is 12.9. The van der Waals surface area contributed by atoms with E-state index in [0.717, 1.165) is 19.1 Å². The number of ether oxygens (including phenoxy) is 2. The lowest BCUT2D eigenvalue weighted by Crippen LogP contribution is -2.50. The van der Waals surface area contributed by atoms with Gasteiger partial charge in [0.15, 0.2) is 9.84 Å². The number of piperidine rings is 1. The van der Waals surface area contributed by atoms with Crippen molar-refractivity contribution < 1.29 is 27.5 Å². The van der Waals surface area contributed by atoms with E-state index in [9.17, 15) is 18.0 Å². The molecule has 1 aliphatic heterocycles. The van der Waals surface area contributed by atoms with Crippen LogP contribution in [0, 0.1) is 5.92 Å². The van der Waals surface area contributed by atoms with Crippen molar-refractivity contribution in [3.63, 3.8) is 0 Å². The van der Waals surface area contributed by atoms with E-state index in [2.05, 4.69) is 0 Å². The van der Waals surface area contributed by atoms with Crippen LogP contribution in [0.4, 0.5) is 0 Å². The molecule has 0 radical (unpaired) electrons. The molecule has 1 heterocycles. The Morgan fingerprint density at radius 3 is 2.74 bits per heavy atom. The molecule has 0 saturated carbocycles. The van der Waals surface area contributed by atoms with Crippen LogP contribution in [-0.2, 0) is 24.2 Å². The molecule has 1 aromatic carbocycles. The van der Waals surface area contributed by atoms with Gasteiger partial charge >= 0.3 is 5.97 Å². The summed E-state index contributed by atoms with van der Waals surface area (Å²) in [6, 6.07) is 6.12. The summed E-state index contributed by atoms with van der Waals surface area (Å²) in [4.78, 5) is 28.9. The Morgan fingerprint density at radius 1 is 1.32 bits per heavy atom. The molecule has 2 unspecified atom stereocenters. The molecule has 0 aromatic heterocycles. The van der Waals surface area contributed by atoms with E-state index in [-0.39, 0.29) is 28.7 Å². The first-order valence-corrected chi connectivity index (χ1v) is 12.6. The van der Waals surface area contributed by atoms with Gasteiger partial charge in [-0.15, -0.1) is 0 Å². The monoisotopic (exact) mass is 454 g/mol. The Morgan fingerprint density at radius 2 is 2.06 bits per heavy atom. The average molecular weight is 455 g/mol. The molecule has 31 heavy (non-hydrogen) atoms. The molecule has 1 aliphatic rings. The summed E-state index contributed by atoms with van der Waals surface area (Å²) in [6.07, 6.45) is 3.40. The number of likely N-dealkylation sites (N-methyl/N-ethyl adjacent to an activating group) is 1. The predicted molar refractivity (Wildman–Crippen MR) is 118 cm³/mol. The average Bonchev–Trinajstić information content (AvgIpc) is 2.75. The molecule has 1 amide bonds. The number of nitrogens with zero attached hydrogens (tertiary/aromatic N) is 2. The quantitative estimate of drug-likeness (QED) is 0.394. The van der Waals surface area contributed by atoms with Crippen LogP contribution in [0.15, 0.2) is 29.2 Å². The van der Waals surface area contributed by atoms with Crippen LogP contribution in [0.25, 0.3) is 0 Å². The van der Waals surface area contributed by atoms with Gasteiger partial charge in [0.2, 0.25) is 5.91 Å². The molecule has 2 rings (SSSR count). The van der Waals surface area contributed by atoms with Crippen molar-refractivity contribution in [3.05, 3.63) is 24.3 Å². The third kappa shape index (κ3) is 7.50. The van der Waals surface area contributed by atoms with Crippen molar-refractivity contribution in [2.24, 2.45) is 5.92 Å². The second-order valence-electron chi connectivity index (χ2n) is 7.98. The Hall–Kier alpha value is -2.13. The van der Waals surface area contributed by atoms with E-state index < -0.39 is 9.84 Å². The minimum atomic E-state index is -3.27. The fraction of sp³-hybridized carbons (Fsp3) is 0.636. The SMILES string of the molecule is CCOC(=O)C1CCCN(C(=O)C(C)N(C)CCCOc2cccc(S(C)(=O)=O)c2)C1. The lowest BCUT2D eigenvalue weighted by Gasteiger charge is -2.35. The minimum Gasteiger partial charge on any atom is -0.494 e. The van der Waals surface area contributed by atoms with Gasteiger partial charge in [0.25, 0.3) is 0 Å². The van der Waals surface area contributed by atoms with Crippen molar-refractivity contribution in [3.8, 4) is 5.75 Å². The number of hydrogen-bond donors (Lipinski definition) is 0. The first kappa shape index (κ1) is 25.1. The van der Waals surface area contributed by atoms with Gasteiger partial charge in [-0.2, -0.15) is 0 Å². The molecule has 8 nitrogen and oxygen atoms in total. The number of rotatable bonds is 10. The normalized spacial score (nSPS) is 18.0. The fourth-order valence-corrected chi connectivity index (χ4v) is 4.23. The van der Waals surface area contributed by atoms with Gasteiger partial charge < -0.3 is 14.4 Å².